The average molecular weight is 459 g/mol. The van der Waals surface area contributed by atoms with Gasteiger partial charge in [-0.05, 0) is 50.6 Å². The van der Waals surface area contributed by atoms with Crippen molar-refractivity contribution < 1.29 is 23.0 Å². The summed E-state index contributed by atoms with van der Waals surface area (Å²) < 4.78 is 39.3. The number of aryl methyl sites for hydroxylation is 1. The van der Waals surface area contributed by atoms with E-state index in [1.165, 1.54) is 31.8 Å². The summed E-state index contributed by atoms with van der Waals surface area (Å²) in [5.74, 6) is 0.113. The molecule has 170 valence electrons. The summed E-state index contributed by atoms with van der Waals surface area (Å²) in [7, 11) is -2.67. The lowest BCUT2D eigenvalue weighted by molar-refractivity contribution is -0.0633. The quantitative estimate of drug-likeness (QED) is 0.520. The smallest absolute Gasteiger partial charge is 0.271 e. The standard InChI is InChI=1S/C22H26N4O5S/c1-16-12-24-20(21(25-16)30-4)26(32(28,29)19-6-5-11-23-13-19)18-9-7-17(8-10-18)14-31-22(2,3)15-27/h5-13,27H,14-15H2,1-4H3. The molecule has 0 unspecified atom stereocenters. The number of benzene rings is 1. The van der Waals surface area contributed by atoms with E-state index in [1.54, 1.807) is 51.1 Å². The van der Waals surface area contributed by atoms with Crippen LogP contribution in [-0.4, -0.2) is 47.8 Å². The number of aromatic nitrogens is 3. The fraction of sp³-hybridized carbons (Fsp3) is 0.318. The van der Waals surface area contributed by atoms with E-state index in [1.807, 2.05) is 0 Å². The van der Waals surface area contributed by atoms with Crippen LogP contribution in [0.3, 0.4) is 0 Å². The molecule has 0 aliphatic rings. The first-order chi connectivity index (χ1) is 15.2. The van der Waals surface area contributed by atoms with Crippen molar-refractivity contribution in [3.63, 3.8) is 0 Å². The highest BCUT2D eigenvalue weighted by atomic mass is 32.2. The third-order valence-corrected chi connectivity index (χ3v) is 6.28. The normalized spacial score (nSPS) is 11.9. The van der Waals surface area contributed by atoms with Gasteiger partial charge in [0.25, 0.3) is 15.9 Å². The Kier molecular flexibility index (Phi) is 7.07. The lowest BCUT2D eigenvalue weighted by Gasteiger charge is -2.25. The zero-order valence-electron chi connectivity index (χ0n) is 18.4. The van der Waals surface area contributed by atoms with Crippen LogP contribution in [0.15, 0.2) is 59.9 Å². The summed E-state index contributed by atoms with van der Waals surface area (Å²) in [5.41, 5.74) is 1.06. The van der Waals surface area contributed by atoms with E-state index in [0.29, 0.717) is 11.4 Å². The van der Waals surface area contributed by atoms with E-state index in [9.17, 15) is 13.5 Å². The molecule has 2 aromatic heterocycles. The van der Waals surface area contributed by atoms with Gasteiger partial charge in [0.15, 0.2) is 0 Å². The van der Waals surface area contributed by atoms with E-state index < -0.39 is 15.6 Å². The number of anilines is 2. The van der Waals surface area contributed by atoms with Crippen LogP contribution < -0.4 is 9.04 Å². The second-order valence-corrected chi connectivity index (χ2v) is 9.46. The number of pyridine rings is 1. The number of ether oxygens (including phenoxy) is 2. The zero-order valence-corrected chi connectivity index (χ0v) is 19.2. The molecule has 1 aromatic carbocycles. The fourth-order valence-corrected chi connectivity index (χ4v) is 4.16. The maximum absolute atomic E-state index is 13.6. The SMILES string of the molecule is COc1nc(C)cnc1N(c1ccc(COC(C)(C)CO)cc1)S(=O)(=O)c1cccnc1. The molecule has 0 fully saturated rings. The number of nitrogens with zero attached hydrogens (tertiary/aromatic N) is 4. The molecule has 1 N–H and O–H groups in total. The van der Waals surface area contributed by atoms with E-state index in [0.717, 1.165) is 9.87 Å². The molecule has 0 aliphatic carbocycles. The maximum atomic E-state index is 13.6. The molecule has 0 saturated heterocycles. The lowest BCUT2D eigenvalue weighted by atomic mass is 10.1. The van der Waals surface area contributed by atoms with E-state index >= 15 is 0 Å². The third-order valence-electron chi connectivity index (χ3n) is 4.58. The van der Waals surface area contributed by atoms with Crippen LogP contribution in [0.2, 0.25) is 0 Å². The molecule has 0 bridgehead atoms. The molecule has 10 heteroatoms. The number of methoxy groups -OCH3 is 1. The number of sulfonamides is 1. The Morgan fingerprint density at radius 3 is 2.44 bits per heavy atom. The molecule has 9 nitrogen and oxygen atoms in total. The first-order valence-corrected chi connectivity index (χ1v) is 11.3. The lowest BCUT2D eigenvalue weighted by Crippen LogP contribution is -2.29. The molecule has 3 rings (SSSR count). The number of aliphatic hydroxyl groups excluding tert-OH is 1. The second-order valence-electron chi connectivity index (χ2n) is 7.68. The Hall–Kier alpha value is -3.08. The largest absolute Gasteiger partial charge is 0.478 e. The van der Waals surface area contributed by atoms with Crippen molar-refractivity contribution in [3.05, 3.63) is 66.2 Å². The first kappa shape index (κ1) is 23.6. The van der Waals surface area contributed by atoms with Crippen LogP contribution in [-0.2, 0) is 21.4 Å². The van der Waals surface area contributed by atoms with E-state index in [2.05, 4.69) is 15.0 Å². The van der Waals surface area contributed by atoms with Crippen LogP contribution in [0.1, 0.15) is 25.1 Å². The molecule has 32 heavy (non-hydrogen) atoms. The Morgan fingerprint density at radius 1 is 1.12 bits per heavy atom. The van der Waals surface area contributed by atoms with Gasteiger partial charge in [0.1, 0.15) is 4.90 Å². The molecular formula is C22H26N4O5S. The minimum atomic E-state index is -4.08. The van der Waals surface area contributed by atoms with Gasteiger partial charge in [-0.15, -0.1) is 0 Å². The summed E-state index contributed by atoms with van der Waals surface area (Å²) in [6, 6.07) is 9.82. The van der Waals surface area contributed by atoms with Gasteiger partial charge in [-0.3, -0.25) is 4.98 Å². The van der Waals surface area contributed by atoms with Crippen LogP contribution in [0, 0.1) is 6.92 Å². The predicted octanol–water partition coefficient (Wildman–Crippen LogP) is 3.00. The zero-order chi connectivity index (χ0) is 23.4. The fourth-order valence-electron chi connectivity index (χ4n) is 2.76. The highest BCUT2D eigenvalue weighted by Crippen LogP contribution is 2.36. The maximum Gasteiger partial charge on any atom is 0.271 e. The third kappa shape index (κ3) is 5.21. The highest BCUT2D eigenvalue weighted by molar-refractivity contribution is 7.93. The van der Waals surface area contributed by atoms with Crippen molar-refractivity contribution in [3.8, 4) is 5.88 Å². The second kappa shape index (κ2) is 9.60. The van der Waals surface area contributed by atoms with E-state index in [4.69, 9.17) is 9.47 Å². The van der Waals surface area contributed by atoms with Crippen molar-refractivity contribution in [1.82, 2.24) is 15.0 Å². The average Bonchev–Trinajstić information content (AvgIpc) is 2.80. The molecule has 0 amide bonds. The number of aliphatic hydroxyl groups is 1. The van der Waals surface area contributed by atoms with Crippen molar-refractivity contribution in [2.45, 2.75) is 37.9 Å². The van der Waals surface area contributed by atoms with Crippen molar-refractivity contribution in [2.75, 3.05) is 18.0 Å². The van der Waals surface area contributed by atoms with Crippen LogP contribution >= 0.6 is 0 Å². The number of hydrogen-bond donors (Lipinski definition) is 1. The van der Waals surface area contributed by atoms with Crippen molar-refractivity contribution in [2.24, 2.45) is 0 Å². The monoisotopic (exact) mass is 458 g/mol. The summed E-state index contributed by atoms with van der Waals surface area (Å²) >= 11 is 0. The number of rotatable bonds is 9. The van der Waals surface area contributed by atoms with Gasteiger partial charge < -0.3 is 14.6 Å². The van der Waals surface area contributed by atoms with Crippen LogP contribution in [0.25, 0.3) is 0 Å². The highest BCUT2D eigenvalue weighted by Gasteiger charge is 2.31. The molecule has 0 aliphatic heterocycles. The Morgan fingerprint density at radius 2 is 1.84 bits per heavy atom. The summed E-state index contributed by atoms with van der Waals surface area (Å²) in [6.07, 6.45) is 4.25. The summed E-state index contributed by atoms with van der Waals surface area (Å²) in [4.78, 5) is 12.5. The van der Waals surface area contributed by atoms with Crippen molar-refractivity contribution >= 4 is 21.5 Å². The van der Waals surface area contributed by atoms with Gasteiger partial charge in [-0.2, -0.15) is 0 Å². The predicted molar refractivity (Wildman–Crippen MR) is 119 cm³/mol. The van der Waals surface area contributed by atoms with Gasteiger partial charge in [-0.25, -0.2) is 22.7 Å². The minimum Gasteiger partial charge on any atom is -0.478 e. The molecule has 0 atom stereocenters. The molecule has 0 radical (unpaired) electrons. The Labute approximate surface area is 187 Å². The van der Waals surface area contributed by atoms with Gasteiger partial charge in [0.05, 0.1) is 43.5 Å². The molecule has 2 heterocycles. The van der Waals surface area contributed by atoms with Crippen LogP contribution in [0.4, 0.5) is 11.5 Å². The van der Waals surface area contributed by atoms with E-state index in [-0.39, 0.29) is 29.8 Å². The van der Waals surface area contributed by atoms with Gasteiger partial charge in [0.2, 0.25) is 5.82 Å². The molecule has 0 spiro atoms. The Balaban J connectivity index is 2.06. The Bertz CT molecular complexity index is 1150. The molecule has 0 saturated carbocycles. The minimum absolute atomic E-state index is 0.00142. The molecule has 3 aromatic rings. The first-order valence-electron chi connectivity index (χ1n) is 9.85. The summed E-state index contributed by atoms with van der Waals surface area (Å²) in [5, 5.41) is 9.35. The van der Waals surface area contributed by atoms with Crippen LogP contribution in [0.5, 0.6) is 5.88 Å². The number of hydrogen-bond acceptors (Lipinski definition) is 8. The van der Waals surface area contributed by atoms with Gasteiger partial charge >= 0.3 is 0 Å². The summed E-state index contributed by atoms with van der Waals surface area (Å²) in [6.45, 7) is 5.45. The van der Waals surface area contributed by atoms with Crippen molar-refractivity contribution in [1.29, 1.82) is 0 Å². The molecular weight excluding hydrogens is 432 g/mol. The van der Waals surface area contributed by atoms with Gasteiger partial charge in [-0.1, -0.05) is 12.1 Å². The topological polar surface area (TPSA) is 115 Å². The van der Waals surface area contributed by atoms with Gasteiger partial charge in [0, 0.05) is 12.4 Å².